The topological polar surface area (TPSA) is 96.1 Å². The van der Waals surface area contributed by atoms with Gasteiger partial charge in [0.25, 0.3) is 0 Å². The second-order valence-corrected chi connectivity index (χ2v) is 5.36. The Morgan fingerprint density at radius 3 is 2.76 bits per heavy atom. The molecule has 2 aliphatic rings. The second-order valence-electron chi connectivity index (χ2n) is 5.36. The minimum atomic E-state index is -0.127. The summed E-state index contributed by atoms with van der Waals surface area (Å²) in [5.74, 6) is 0.713. The number of rotatable bonds is 1. The number of aromatic hydroxyl groups is 1. The van der Waals surface area contributed by atoms with E-state index in [-0.39, 0.29) is 36.0 Å². The number of amides is 2. The molecule has 2 amide bonds. The lowest BCUT2D eigenvalue weighted by Gasteiger charge is -2.28. The molecule has 3 atom stereocenters. The molecule has 1 aliphatic heterocycles. The summed E-state index contributed by atoms with van der Waals surface area (Å²) in [6, 6.07) is 5.85. The SMILES string of the molecule is CNC(=O)NC1CCC2c3cc(O)ccc3N(C)C12.Cl.O. The highest BCUT2D eigenvalue weighted by Crippen LogP contribution is 2.49. The van der Waals surface area contributed by atoms with E-state index in [0.29, 0.717) is 11.7 Å². The summed E-state index contributed by atoms with van der Waals surface area (Å²) in [4.78, 5) is 13.7. The van der Waals surface area contributed by atoms with Crippen molar-refractivity contribution in [3.05, 3.63) is 23.8 Å². The van der Waals surface area contributed by atoms with Crippen LogP contribution in [0.25, 0.3) is 0 Å². The summed E-state index contributed by atoms with van der Waals surface area (Å²) in [6.07, 6.45) is 2.02. The second kappa shape index (κ2) is 6.41. The summed E-state index contributed by atoms with van der Waals surface area (Å²) in [5, 5.41) is 15.3. The minimum Gasteiger partial charge on any atom is -0.508 e. The van der Waals surface area contributed by atoms with Crippen molar-refractivity contribution in [1.82, 2.24) is 10.6 Å². The van der Waals surface area contributed by atoms with Crippen LogP contribution in [0.2, 0.25) is 0 Å². The van der Waals surface area contributed by atoms with Crippen molar-refractivity contribution in [2.45, 2.75) is 30.8 Å². The van der Waals surface area contributed by atoms with E-state index in [1.807, 2.05) is 12.1 Å². The van der Waals surface area contributed by atoms with Crippen molar-refractivity contribution in [3.63, 3.8) is 0 Å². The Labute approximate surface area is 130 Å². The fraction of sp³-hybridized carbons (Fsp3) is 0.500. The Balaban J connectivity index is 0.00000110. The van der Waals surface area contributed by atoms with E-state index in [9.17, 15) is 9.90 Å². The molecular weight excluding hydrogens is 294 g/mol. The van der Waals surface area contributed by atoms with Crippen molar-refractivity contribution in [3.8, 4) is 5.75 Å². The summed E-state index contributed by atoms with van der Waals surface area (Å²) >= 11 is 0. The molecule has 0 bridgehead atoms. The zero-order valence-electron chi connectivity index (χ0n) is 12.1. The molecule has 0 radical (unpaired) electrons. The van der Waals surface area contributed by atoms with Crippen molar-refractivity contribution in [2.75, 3.05) is 19.0 Å². The first-order chi connectivity index (χ1) is 9.11. The van der Waals surface area contributed by atoms with Crippen LogP contribution in [0.3, 0.4) is 0 Å². The molecule has 1 aliphatic carbocycles. The molecule has 21 heavy (non-hydrogen) atoms. The smallest absolute Gasteiger partial charge is 0.314 e. The molecule has 0 saturated heterocycles. The highest BCUT2D eigenvalue weighted by Gasteiger charge is 2.46. The van der Waals surface area contributed by atoms with Gasteiger partial charge in [-0.2, -0.15) is 0 Å². The number of anilines is 1. The van der Waals surface area contributed by atoms with Gasteiger partial charge >= 0.3 is 6.03 Å². The monoisotopic (exact) mass is 315 g/mol. The van der Waals surface area contributed by atoms with Gasteiger partial charge in [0, 0.05) is 25.7 Å². The van der Waals surface area contributed by atoms with E-state index in [1.54, 1.807) is 13.1 Å². The first-order valence-corrected chi connectivity index (χ1v) is 6.66. The van der Waals surface area contributed by atoms with E-state index in [0.717, 1.165) is 18.5 Å². The number of nitrogens with one attached hydrogen (secondary N) is 2. The van der Waals surface area contributed by atoms with Crippen molar-refractivity contribution in [1.29, 1.82) is 0 Å². The lowest BCUT2D eigenvalue weighted by molar-refractivity contribution is 0.238. The summed E-state index contributed by atoms with van der Waals surface area (Å²) in [6.45, 7) is 0. The lowest BCUT2D eigenvalue weighted by Crippen LogP contribution is -2.49. The molecule has 7 heteroatoms. The average molecular weight is 316 g/mol. The van der Waals surface area contributed by atoms with Gasteiger partial charge in [0.05, 0.1) is 12.1 Å². The van der Waals surface area contributed by atoms with Gasteiger partial charge in [0.15, 0.2) is 0 Å². The van der Waals surface area contributed by atoms with Crippen LogP contribution in [0.15, 0.2) is 18.2 Å². The maximum atomic E-state index is 11.5. The van der Waals surface area contributed by atoms with Crippen LogP contribution in [-0.2, 0) is 0 Å². The van der Waals surface area contributed by atoms with Crippen molar-refractivity contribution < 1.29 is 15.4 Å². The number of carbonyl (C=O) groups is 1. The molecule has 118 valence electrons. The van der Waals surface area contributed by atoms with Crippen molar-refractivity contribution in [2.24, 2.45) is 0 Å². The molecule has 3 rings (SSSR count). The van der Waals surface area contributed by atoms with Crippen LogP contribution in [0, 0.1) is 0 Å². The Hall–Kier alpha value is -1.66. The summed E-state index contributed by atoms with van der Waals surface area (Å²) in [5.41, 5.74) is 2.37. The highest BCUT2D eigenvalue weighted by molar-refractivity contribution is 5.85. The normalized spacial score (nSPS) is 25.2. The third kappa shape index (κ3) is 2.73. The fourth-order valence-corrected chi connectivity index (χ4v) is 3.58. The molecule has 1 aromatic rings. The van der Waals surface area contributed by atoms with E-state index in [1.165, 1.54) is 5.56 Å². The number of nitrogens with zero attached hydrogens (tertiary/aromatic N) is 1. The predicted molar refractivity (Wildman–Crippen MR) is 84.5 cm³/mol. The molecule has 0 aromatic heterocycles. The Bertz CT molecular complexity index is 526. The molecule has 1 heterocycles. The van der Waals surface area contributed by atoms with Gasteiger partial charge < -0.3 is 26.1 Å². The maximum absolute atomic E-state index is 11.5. The number of phenols is 1. The van der Waals surface area contributed by atoms with Crippen LogP contribution in [0.4, 0.5) is 10.5 Å². The lowest BCUT2D eigenvalue weighted by atomic mass is 9.97. The highest BCUT2D eigenvalue weighted by atomic mass is 35.5. The molecular formula is C14H22ClN3O3. The number of benzene rings is 1. The quantitative estimate of drug-likeness (QED) is 0.721. The molecule has 3 unspecified atom stereocenters. The largest absolute Gasteiger partial charge is 0.508 e. The number of hydrogen-bond acceptors (Lipinski definition) is 3. The minimum absolute atomic E-state index is 0. The molecule has 1 saturated carbocycles. The number of carbonyl (C=O) groups excluding carboxylic acids is 1. The maximum Gasteiger partial charge on any atom is 0.314 e. The standard InChI is InChI=1S/C14H19N3O2.ClH.H2O/c1-15-14(19)16-11-5-4-9-10-7-8(18)3-6-12(10)17(2)13(9)11;;/h3,6-7,9,11,13,18H,4-5H2,1-2H3,(H2,15,16,19);1H;1H2. The van der Waals surface area contributed by atoms with Gasteiger partial charge in [-0.1, -0.05) is 0 Å². The Morgan fingerprint density at radius 2 is 2.10 bits per heavy atom. The van der Waals surface area contributed by atoms with Crippen LogP contribution in [0.5, 0.6) is 5.75 Å². The zero-order chi connectivity index (χ0) is 13.6. The molecule has 1 aromatic carbocycles. The van der Waals surface area contributed by atoms with Gasteiger partial charge in [-0.25, -0.2) is 4.79 Å². The number of halogens is 1. The van der Waals surface area contributed by atoms with Gasteiger partial charge in [-0.15, -0.1) is 12.4 Å². The number of fused-ring (bicyclic) bond motifs is 3. The van der Waals surface area contributed by atoms with E-state index < -0.39 is 0 Å². The van der Waals surface area contributed by atoms with Crippen LogP contribution in [0.1, 0.15) is 24.3 Å². The number of phenolic OH excluding ortho intramolecular Hbond substituents is 1. The molecule has 5 N–H and O–H groups in total. The van der Waals surface area contributed by atoms with Gasteiger partial charge in [0.2, 0.25) is 0 Å². The van der Waals surface area contributed by atoms with E-state index >= 15 is 0 Å². The van der Waals surface area contributed by atoms with Crippen LogP contribution >= 0.6 is 12.4 Å². The molecule has 0 spiro atoms. The van der Waals surface area contributed by atoms with Gasteiger partial charge in [0.1, 0.15) is 5.75 Å². The van der Waals surface area contributed by atoms with Crippen molar-refractivity contribution >= 4 is 24.1 Å². The molecule has 1 fully saturated rings. The first kappa shape index (κ1) is 17.4. The van der Waals surface area contributed by atoms with Crippen LogP contribution < -0.4 is 15.5 Å². The Kier molecular flexibility index (Phi) is 5.31. The first-order valence-electron chi connectivity index (χ1n) is 6.66. The Morgan fingerprint density at radius 1 is 1.38 bits per heavy atom. The number of hydrogen-bond donors (Lipinski definition) is 3. The zero-order valence-corrected chi connectivity index (χ0v) is 12.9. The van der Waals surface area contributed by atoms with E-state index in [4.69, 9.17) is 0 Å². The van der Waals surface area contributed by atoms with Gasteiger partial charge in [-0.05, 0) is 36.6 Å². The number of urea groups is 1. The third-order valence-corrected chi connectivity index (χ3v) is 4.39. The summed E-state index contributed by atoms with van der Waals surface area (Å²) in [7, 11) is 3.69. The third-order valence-electron chi connectivity index (χ3n) is 4.39. The fourth-order valence-electron chi connectivity index (χ4n) is 3.58. The average Bonchev–Trinajstić information content (AvgIpc) is 2.91. The van der Waals surface area contributed by atoms with Gasteiger partial charge in [-0.3, -0.25) is 0 Å². The number of likely N-dealkylation sites (N-methyl/N-ethyl adjacent to an activating group) is 1. The predicted octanol–water partition coefficient (Wildman–Crippen LogP) is 0.983. The van der Waals surface area contributed by atoms with E-state index in [2.05, 4.69) is 22.6 Å². The molecule has 6 nitrogen and oxygen atoms in total. The van der Waals surface area contributed by atoms with Crippen LogP contribution in [-0.4, -0.2) is 42.8 Å². The summed E-state index contributed by atoms with van der Waals surface area (Å²) < 4.78 is 0.